The first-order valence-electron chi connectivity index (χ1n) is 14.2. The Morgan fingerprint density at radius 3 is 2.60 bits per heavy atom. The van der Waals surface area contributed by atoms with Crippen molar-refractivity contribution in [2.45, 2.75) is 68.7 Å². The van der Waals surface area contributed by atoms with E-state index in [0.717, 1.165) is 0 Å². The second-order valence-corrected chi connectivity index (χ2v) is 11.7. The van der Waals surface area contributed by atoms with Crippen molar-refractivity contribution in [1.82, 2.24) is 4.90 Å². The van der Waals surface area contributed by atoms with Crippen LogP contribution in [0.15, 0.2) is 18.2 Å². The second-order valence-electron chi connectivity index (χ2n) is 11.7. The standard InChI is InChI=1S/C30H31NO12/c1-12-28-15(31-6-7-40-11-18(31)43-28)8-19(41-12)42-17-10-30(38,29(36)37)9-14-21(17)27(35)23-22(25(14)33)24(32)13-4-3-5-16(39-2)20(13)26(23)34/h3-5,12,15,17-19,28,33,35,38H,6-11H2,1-2H3,(H,36,37)/t12-,15-,17-,18+,19-,28+,30-/m0/s1. The Bertz CT molecular complexity index is 1550. The van der Waals surface area contributed by atoms with Crippen LogP contribution in [0.25, 0.3) is 0 Å². The van der Waals surface area contributed by atoms with Crippen molar-refractivity contribution < 1.29 is 58.5 Å². The lowest BCUT2D eigenvalue weighted by atomic mass is 9.73. The maximum absolute atomic E-state index is 13.8. The molecule has 2 aromatic carbocycles. The van der Waals surface area contributed by atoms with Gasteiger partial charge in [-0.2, -0.15) is 0 Å². The number of nitrogens with zero attached hydrogens (tertiary/aromatic N) is 1. The Kier molecular flexibility index (Phi) is 6.54. The molecule has 7 rings (SSSR count). The van der Waals surface area contributed by atoms with Gasteiger partial charge in [-0.3, -0.25) is 14.5 Å². The summed E-state index contributed by atoms with van der Waals surface area (Å²) in [6, 6.07) is 4.33. The summed E-state index contributed by atoms with van der Waals surface area (Å²) in [5.41, 5.74) is -3.69. The zero-order valence-corrected chi connectivity index (χ0v) is 23.4. The summed E-state index contributed by atoms with van der Waals surface area (Å²) in [4.78, 5) is 41.8. The number of carbonyl (C=O) groups is 3. The minimum Gasteiger partial charge on any atom is -0.507 e. The van der Waals surface area contributed by atoms with Crippen LogP contribution in [0.3, 0.4) is 0 Å². The van der Waals surface area contributed by atoms with Crippen molar-refractivity contribution in [2.75, 3.05) is 26.9 Å². The molecule has 0 unspecified atom stereocenters. The number of phenols is 2. The maximum atomic E-state index is 13.8. The molecule has 43 heavy (non-hydrogen) atoms. The van der Waals surface area contributed by atoms with Gasteiger partial charge in [0.1, 0.15) is 29.6 Å². The van der Waals surface area contributed by atoms with Crippen LogP contribution in [0.4, 0.5) is 0 Å². The van der Waals surface area contributed by atoms with Crippen molar-refractivity contribution in [3.8, 4) is 17.2 Å². The van der Waals surface area contributed by atoms with Crippen LogP contribution in [0.1, 0.15) is 68.8 Å². The third-order valence-electron chi connectivity index (χ3n) is 9.30. The molecule has 2 aromatic rings. The van der Waals surface area contributed by atoms with Gasteiger partial charge >= 0.3 is 5.97 Å². The number of ketones is 2. The van der Waals surface area contributed by atoms with E-state index in [0.29, 0.717) is 26.2 Å². The molecule has 0 amide bonds. The molecule has 3 fully saturated rings. The summed E-state index contributed by atoms with van der Waals surface area (Å²) < 4.78 is 29.5. The largest absolute Gasteiger partial charge is 0.507 e. The van der Waals surface area contributed by atoms with Crippen molar-refractivity contribution >= 4 is 17.5 Å². The fraction of sp³-hybridized carbons (Fsp3) is 0.500. The molecule has 7 atom stereocenters. The highest BCUT2D eigenvalue weighted by Crippen LogP contribution is 2.52. The number of benzene rings is 2. The van der Waals surface area contributed by atoms with E-state index in [9.17, 15) is 34.8 Å². The summed E-state index contributed by atoms with van der Waals surface area (Å²) in [5.74, 6) is -4.28. The molecule has 3 saturated heterocycles. The number of hydrogen-bond acceptors (Lipinski definition) is 12. The monoisotopic (exact) mass is 597 g/mol. The number of rotatable bonds is 4. The minimum absolute atomic E-state index is 0.0389. The van der Waals surface area contributed by atoms with Crippen molar-refractivity contribution in [3.63, 3.8) is 0 Å². The molecule has 0 bridgehead atoms. The van der Waals surface area contributed by atoms with E-state index < -0.39 is 77.1 Å². The lowest BCUT2D eigenvalue weighted by Crippen LogP contribution is -2.53. The van der Waals surface area contributed by atoms with Gasteiger partial charge in [0.15, 0.2) is 17.7 Å². The normalized spacial score (nSPS) is 33.2. The van der Waals surface area contributed by atoms with Gasteiger partial charge in [-0.05, 0) is 13.0 Å². The number of phenolic OH excluding ortho intramolecular Hbond substituents is 2. The van der Waals surface area contributed by atoms with Gasteiger partial charge < -0.3 is 44.1 Å². The van der Waals surface area contributed by atoms with Crippen molar-refractivity contribution in [1.29, 1.82) is 0 Å². The van der Waals surface area contributed by atoms with E-state index in [-0.39, 0.29) is 46.4 Å². The van der Waals surface area contributed by atoms with Gasteiger partial charge in [-0.15, -0.1) is 0 Å². The van der Waals surface area contributed by atoms with Crippen molar-refractivity contribution in [2.24, 2.45) is 0 Å². The Morgan fingerprint density at radius 1 is 1.09 bits per heavy atom. The lowest BCUT2D eigenvalue weighted by Gasteiger charge is -2.42. The number of aromatic hydroxyl groups is 2. The van der Waals surface area contributed by atoms with Crippen LogP contribution < -0.4 is 4.74 Å². The first kappa shape index (κ1) is 28.2. The molecule has 2 aliphatic carbocycles. The zero-order valence-electron chi connectivity index (χ0n) is 23.4. The first-order chi connectivity index (χ1) is 20.5. The van der Waals surface area contributed by atoms with Gasteiger partial charge in [0.05, 0.1) is 49.2 Å². The molecule has 4 N–H and O–H groups in total. The number of morpholine rings is 1. The first-order valence-corrected chi connectivity index (χ1v) is 14.2. The molecule has 0 saturated carbocycles. The van der Waals surface area contributed by atoms with E-state index in [1.807, 2.05) is 6.92 Å². The second kappa shape index (κ2) is 9.97. The van der Waals surface area contributed by atoms with Crippen LogP contribution >= 0.6 is 0 Å². The zero-order chi connectivity index (χ0) is 30.4. The third kappa shape index (κ3) is 4.10. The van der Waals surface area contributed by atoms with Gasteiger partial charge in [0.2, 0.25) is 5.78 Å². The SMILES string of the molecule is COc1cccc2c1C(=O)c1c(O)c3c(c(O)c1C2=O)C[C@@](O)(C(=O)O)C[C@@H]3O[C@H]1C[C@H]2[C@H](O[C@@H]3COCCN32)[C@H](C)O1. The molecular weight excluding hydrogens is 566 g/mol. The number of carboxylic acid groups (broad SMARTS) is 1. The van der Waals surface area contributed by atoms with E-state index >= 15 is 0 Å². The van der Waals surface area contributed by atoms with Crippen LogP contribution in [0.2, 0.25) is 0 Å². The maximum Gasteiger partial charge on any atom is 0.336 e. The van der Waals surface area contributed by atoms with E-state index in [4.69, 9.17) is 23.7 Å². The van der Waals surface area contributed by atoms with Gasteiger partial charge in [0, 0.05) is 48.5 Å². The van der Waals surface area contributed by atoms with Gasteiger partial charge in [-0.1, -0.05) is 12.1 Å². The summed E-state index contributed by atoms with van der Waals surface area (Å²) in [5, 5.41) is 44.2. The van der Waals surface area contributed by atoms with E-state index in [1.54, 1.807) is 0 Å². The summed E-state index contributed by atoms with van der Waals surface area (Å²) >= 11 is 0. The summed E-state index contributed by atoms with van der Waals surface area (Å²) in [6.45, 7) is 3.46. The molecule has 0 spiro atoms. The molecule has 13 nitrogen and oxygen atoms in total. The Labute approximate surface area is 245 Å². The Balaban J connectivity index is 1.31. The molecule has 5 aliphatic rings. The Hall–Kier alpha value is -3.59. The highest BCUT2D eigenvalue weighted by molar-refractivity contribution is 6.31. The highest BCUT2D eigenvalue weighted by Gasteiger charge is 2.53. The molecule has 13 heteroatoms. The quantitative estimate of drug-likeness (QED) is 0.316. The van der Waals surface area contributed by atoms with Crippen LogP contribution in [0, 0.1) is 0 Å². The van der Waals surface area contributed by atoms with Crippen molar-refractivity contribution in [3.05, 3.63) is 51.6 Å². The Morgan fingerprint density at radius 2 is 1.86 bits per heavy atom. The predicted molar refractivity (Wildman–Crippen MR) is 143 cm³/mol. The third-order valence-corrected chi connectivity index (χ3v) is 9.30. The number of methoxy groups -OCH3 is 1. The van der Waals surface area contributed by atoms with Gasteiger partial charge in [0.25, 0.3) is 0 Å². The smallest absolute Gasteiger partial charge is 0.336 e. The summed E-state index contributed by atoms with van der Waals surface area (Å²) in [6.07, 6.45) is -3.92. The predicted octanol–water partition coefficient (Wildman–Crippen LogP) is 1.26. The number of aliphatic carboxylic acids is 1. The number of hydrogen-bond donors (Lipinski definition) is 4. The van der Waals surface area contributed by atoms with Crippen LogP contribution in [-0.4, -0.2) is 106 Å². The van der Waals surface area contributed by atoms with Crippen LogP contribution in [-0.2, 0) is 30.2 Å². The van der Waals surface area contributed by atoms with Gasteiger partial charge in [-0.25, -0.2) is 4.79 Å². The van der Waals surface area contributed by atoms with E-state index in [1.165, 1.54) is 25.3 Å². The number of fused-ring (bicyclic) bond motifs is 6. The minimum atomic E-state index is -2.41. The average Bonchev–Trinajstić information content (AvgIpc) is 3.36. The molecule has 228 valence electrons. The number of carbonyl (C=O) groups excluding carboxylic acids is 2. The molecule has 3 aliphatic heterocycles. The number of aliphatic hydroxyl groups is 1. The molecule has 0 radical (unpaired) electrons. The molecule has 3 heterocycles. The lowest BCUT2D eigenvalue weighted by molar-refractivity contribution is -0.248. The summed E-state index contributed by atoms with van der Waals surface area (Å²) in [7, 11) is 1.34. The fourth-order valence-corrected chi connectivity index (χ4v) is 7.28. The highest BCUT2D eigenvalue weighted by atomic mass is 16.7. The number of ether oxygens (including phenoxy) is 5. The molecular formula is C30H31NO12. The topological polar surface area (TPSA) is 182 Å². The molecule has 0 aromatic heterocycles. The average molecular weight is 598 g/mol. The fourth-order valence-electron chi connectivity index (χ4n) is 7.28. The van der Waals surface area contributed by atoms with E-state index in [2.05, 4.69) is 4.90 Å². The number of carboxylic acids is 1. The van der Waals surface area contributed by atoms with Crippen LogP contribution in [0.5, 0.6) is 17.2 Å².